The second kappa shape index (κ2) is 3.86. The van der Waals surface area contributed by atoms with Gasteiger partial charge in [0.2, 0.25) is 0 Å². The SMILES string of the molecule is CC(O)Oc1ccc2oc(N)cc(=O)c2c1. The third kappa shape index (κ3) is 1.99. The summed E-state index contributed by atoms with van der Waals surface area (Å²) in [7, 11) is 0. The minimum atomic E-state index is -0.932. The molecule has 0 saturated heterocycles. The Morgan fingerprint density at radius 3 is 2.88 bits per heavy atom. The summed E-state index contributed by atoms with van der Waals surface area (Å²) in [6, 6.07) is 5.88. The molecule has 0 saturated carbocycles. The third-order valence-corrected chi connectivity index (χ3v) is 2.02. The smallest absolute Gasteiger partial charge is 0.195 e. The normalized spacial score (nSPS) is 12.6. The van der Waals surface area contributed by atoms with E-state index >= 15 is 0 Å². The summed E-state index contributed by atoms with van der Waals surface area (Å²) in [6.07, 6.45) is -0.932. The summed E-state index contributed by atoms with van der Waals surface area (Å²) < 4.78 is 10.2. The Balaban J connectivity index is 2.58. The van der Waals surface area contributed by atoms with Crippen molar-refractivity contribution in [3.05, 3.63) is 34.5 Å². The number of benzene rings is 1. The number of nitrogens with two attached hydrogens (primary N) is 1. The molecule has 0 spiro atoms. The van der Waals surface area contributed by atoms with Crippen LogP contribution in [0.4, 0.5) is 5.88 Å². The molecule has 84 valence electrons. The van der Waals surface area contributed by atoms with Gasteiger partial charge in [0.05, 0.1) is 5.39 Å². The maximum absolute atomic E-state index is 11.6. The zero-order chi connectivity index (χ0) is 11.7. The van der Waals surface area contributed by atoms with Crippen LogP contribution in [0, 0.1) is 0 Å². The number of hydrogen-bond donors (Lipinski definition) is 2. The van der Waals surface area contributed by atoms with Crippen LogP contribution < -0.4 is 15.9 Å². The first kappa shape index (κ1) is 10.5. The van der Waals surface area contributed by atoms with Gasteiger partial charge < -0.3 is 20.0 Å². The van der Waals surface area contributed by atoms with Crippen LogP contribution in [0.15, 0.2) is 33.5 Å². The number of rotatable bonds is 2. The third-order valence-electron chi connectivity index (χ3n) is 2.02. The van der Waals surface area contributed by atoms with E-state index in [0.717, 1.165) is 0 Å². The summed E-state index contributed by atoms with van der Waals surface area (Å²) in [5, 5.41) is 9.42. The molecule has 0 aliphatic heterocycles. The van der Waals surface area contributed by atoms with Crippen LogP contribution in [-0.4, -0.2) is 11.4 Å². The number of nitrogen functional groups attached to an aromatic ring is 1. The van der Waals surface area contributed by atoms with Crippen LogP contribution in [0.5, 0.6) is 5.75 Å². The van der Waals surface area contributed by atoms with Crippen molar-refractivity contribution in [2.24, 2.45) is 0 Å². The Hall–Kier alpha value is -2.01. The van der Waals surface area contributed by atoms with Crippen LogP contribution in [0.25, 0.3) is 11.0 Å². The molecule has 0 aliphatic rings. The van der Waals surface area contributed by atoms with E-state index in [9.17, 15) is 4.79 Å². The Kier molecular flexibility index (Phi) is 2.54. The summed E-state index contributed by atoms with van der Waals surface area (Å²) in [5.41, 5.74) is 5.56. The lowest BCUT2D eigenvalue weighted by atomic mass is 10.2. The summed E-state index contributed by atoms with van der Waals surface area (Å²) in [6.45, 7) is 1.48. The first-order valence-electron chi connectivity index (χ1n) is 4.74. The predicted molar refractivity (Wildman–Crippen MR) is 59.2 cm³/mol. The Bertz CT molecular complexity index is 574. The number of anilines is 1. The van der Waals surface area contributed by atoms with Gasteiger partial charge in [-0.05, 0) is 25.1 Å². The van der Waals surface area contributed by atoms with Crippen LogP contribution in [0.2, 0.25) is 0 Å². The van der Waals surface area contributed by atoms with E-state index in [0.29, 0.717) is 16.7 Å². The molecule has 1 heterocycles. The van der Waals surface area contributed by atoms with E-state index in [1.54, 1.807) is 12.1 Å². The van der Waals surface area contributed by atoms with Crippen LogP contribution in [-0.2, 0) is 0 Å². The molecule has 1 aromatic heterocycles. The van der Waals surface area contributed by atoms with Crippen molar-refractivity contribution < 1.29 is 14.3 Å². The standard InChI is InChI=1S/C11H11NO4/c1-6(13)15-7-2-3-10-8(4-7)9(14)5-11(12)16-10/h2-6,13H,12H2,1H3. The van der Waals surface area contributed by atoms with Gasteiger partial charge >= 0.3 is 0 Å². The Labute approximate surface area is 91.1 Å². The van der Waals surface area contributed by atoms with Gasteiger partial charge in [-0.25, -0.2) is 0 Å². The van der Waals surface area contributed by atoms with E-state index in [4.69, 9.17) is 20.0 Å². The van der Waals surface area contributed by atoms with Crippen molar-refractivity contribution in [3.8, 4) is 5.75 Å². The van der Waals surface area contributed by atoms with Crippen molar-refractivity contribution >= 4 is 16.9 Å². The topological polar surface area (TPSA) is 85.7 Å². The highest BCUT2D eigenvalue weighted by atomic mass is 16.6. The number of aliphatic hydroxyl groups excluding tert-OH is 1. The van der Waals surface area contributed by atoms with E-state index in [-0.39, 0.29) is 11.3 Å². The first-order valence-corrected chi connectivity index (χ1v) is 4.74. The second-order valence-corrected chi connectivity index (χ2v) is 3.39. The first-order chi connectivity index (χ1) is 7.56. The average Bonchev–Trinajstić information content (AvgIpc) is 2.18. The van der Waals surface area contributed by atoms with Gasteiger partial charge in [-0.3, -0.25) is 4.79 Å². The van der Waals surface area contributed by atoms with Gasteiger partial charge in [0.15, 0.2) is 17.6 Å². The molecule has 2 rings (SSSR count). The molecule has 0 fully saturated rings. The average molecular weight is 221 g/mol. The lowest BCUT2D eigenvalue weighted by molar-refractivity contribution is -0.000201. The second-order valence-electron chi connectivity index (χ2n) is 3.39. The number of fused-ring (bicyclic) bond motifs is 1. The van der Waals surface area contributed by atoms with Crippen molar-refractivity contribution in [3.63, 3.8) is 0 Å². The fourth-order valence-corrected chi connectivity index (χ4v) is 1.42. The molecule has 0 aliphatic carbocycles. The largest absolute Gasteiger partial charge is 0.465 e. The lowest BCUT2D eigenvalue weighted by Crippen LogP contribution is -2.10. The van der Waals surface area contributed by atoms with Crippen LogP contribution in [0.3, 0.4) is 0 Å². The van der Waals surface area contributed by atoms with Crippen LogP contribution in [0.1, 0.15) is 6.92 Å². The van der Waals surface area contributed by atoms with E-state index in [2.05, 4.69) is 0 Å². The molecule has 1 aromatic carbocycles. The Morgan fingerprint density at radius 1 is 1.44 bits per heavy atom. The predicted octanol–water partition coefficient (Wildman–Crippen LogP) is 1.09. The molecule has 2 aromatic rings. The molecule has 0 bridgehead atoms. The fourth-order valence-electron chi connectivity index (χ4n) is 1.42. The highest BCUT2D eigenvalue weighted by Crippen LogP contribution is 2.20. The summed E-state index contributed by atoms with van der Waals surface area (Å²) >= 11 is 0. The zero-order valence-corrected chi connectivity index (χ0v) is 8.64. The van der Waals surface area contributed by atoms with Gasteiger partial charge in [0, 0.05) is 6.07 Å². The monoisotopic (exact) mass is 221 g/mol. The van der Waals surface area contributed by atoms with Crippen molar-refractivity contribution in [2.75, 3.05) is 5.73 Å². The zero-order valence-electron chi connectivity index (χ0n) is 8.64. The molecule has 5 heteroatoms. The molecule has 0 amide bonds. The maximum Gasteiger partial charge on any atom is 0.195 e. The molecular weight excluding hydrogens is 210 g/mol. The van der Waals surface area contributed by atoms with E-state index < -0.39 is 6.29 Å². The van der Waals surface area contributed by atoms with Crippen LogP contribution >= 0.6 is 0 Å². The molecule has 1 atom stereocenters. The molecule has 1 unspecified atom stereocenters. The number of aliphatic hydroxyl groups is 1. The van der Waals surface area contributed by atoms with Gasteiger partial charge in [0.1, 0.15) is 11.3 Å². The quantitative estimate of drug-likeness (QED) is 0.741. The maximum atomic E-state index is 11.6. The highest BCUT2D eigenvalue weighted by molar-refractivity contribution is 5.78. The van der Waals surface area contributed by atoms with Gasteiger partial charge in [-0.15, -0.1) is 0 Å². The lowest BCUT2D eigenvalue weighted by Gasteiger charge is -2.08. The van der Waals surface area contributed by atoms with Crippen molar-refractivity contribution in [2.45, 2.75) is 13.2 Å². The summed E-state index contributed by atoms with van der Waals surface area (Å²) in [4.78, 5) is 11.6. The van der Waals surface area contributed by atoms with E-state index in [1.807, 2.05) is 0 Å². The Morgan fingerprint density at radius 2 is 2.19 bits per heavy atom. The summed E-state index contributed by atoms with van der Waals surface area (Å²) in [5.74, 6) is 0.473. The van der Waals surface area contributed by atoms with Gasteiger partial charge in [0.25, 0.3) is 0 Å². The highest BCUT2D eigenvalue weighted by Gasteiger charge is 2.05. The minimum absolute atomic E-state index is 0.0710. The van der Waals surface area contributed by atoms with Crippen molar-refractivity contribution in [1.29, 1.82) is 0 Å². The van der Waals surface area contributed by atoms with Gasteiger partial charge in [-0.2, -0.15) is 0 Å². The minimum Gasteiger partial charge on any atom is -0.465 e. The molecular formula is C11H11NO4. The number of hydrogen-bond acceptors (Lipinski definition) is 5. The van der Waals surface area contributed by atoms with Gasteiger partial charge in [-0.1, -0.05) is 0 Å². The molecule has 0 radical (unpaired) electrons. The number of ether oxygens (including phenoxy) is 1. The van der Waals surface area contributed by atoms with Crippen molar-refractivity contribution in [1.82, 2.24) is 0 Å². The fraction of sp³-hybridized carbons (Fsp3) is 0.182. The van der Waals surface area contributed by atoms with E-state index in [1.165, 1.54) is 19.1 Å². The molecule has 5 nitrogen and oxygen atoms in total. The molecule has 3 N–H and O–H groups in total. The molecule has 16 heavy (non-hydrogen) atoms.